The molecule has 0 spiro atoms. The minimum absolute atomic E-state index is 0.235. The number of esters is 1. The van der Waals surface area contributed by atoms with Gasteiger partial charge in [0.1, 0.15) is 12.2 Å². The molecule has 2 rings (SSSR count). The number of rotatable bonds is 6. The number of imidazole rings is 1. The number of nitrogens with zero attached hydrogens (tertiary/aromatic N) is 3. The Morgan fingerprint density at radius 2 is 2.14 bits per heavy atom. The monoisotopic (exact) mass is 385 g/mol. The largest absolute Gasteiger partial charge is 0.464 e. The zero-order valence-corrected chi connectivity index (χ0v) is 15.8. The Hall–Kier alpha value is -1.25. The Morgan fingerprint density at radius 3 is 2.77 bits per heavy atom. The first-order valence-corrected chi connectivity index (χ1v) is 11.5. The first kappa shape index (κ1) is 17.1. The van der Waals surface area contributed by atoms with Crippen molar-refractivity contribution in [1.82, 2.24) is 14.5 Å². The third-order valence-electron chi connectivity index (χ3n) is 3.15. The topological polar surface area (TPSA) is 66.2 Å². The minimum Gasteiger partial charge on any atom is -0.464 e. The van der Waals surface area contributed by atoms with E-state index in [2.05, 4.69) is 45.5 Å². The predicted octanol–water partition coefficient (Wildman–Crippen LogP) is 3.29. The molecule has 0 N–H and O–H groups in total. The van der Waals surface area contributed by atoms with E-state index in [1.807, 2.05) is 0 Å². The average molecular weight is 386 g/mol. The van der Waals surface area contributed by atoms with Gasteiger partial charge >= 0.3 is 5.97 Å². The molecule has 0 atom stereocenters. The summed E-state index contributed by atoms with van der Waals surface area (Å²) in [7, 11) is 0.229. The zero-order chi connectivity index (χ0) is 16.3. The molecule has 0 bridgehead atoms. The van der Waals surface area contributed by atoms with Crippen LogP contribution in [-0.4, -0.2) is 42.3 Å². The van der Waals surface area contributed by atoms with Gasteiger partial charge in [-0.15, -0.1) is 0 Å². The molecule has 0 unspecified atom stereocenters. The first-order valence-electron chi connectivity index (χ1n) is 6.99. The second-order valence-corrected chi connectivity index (χ2v) is 12.7. The van der Waals surface area contributed by atoms with E-state index in [1.165, 1.54) is 7.11 Å². The fraction of sp³-hybridized carbons (Fsp3) is 0.500. The Morgan fingerprint density at radius 1 is 1.41 bits per heavy atom. The van der Waals surface area contributed by atoms with Gasteiger partial charge in [0.2, 0.25) is 0 Å². The maximum Gasteiger partial charge on any atom is 0.357 e. The molecule has 0 saturated carbocycles. The second-order valence-electron chi connectivity index (χ2n) is 6.22. The summed E-state index contributed by atoms with van der Waals surface area (Å²) in [6, 6.07) is 2.86. The number of ether oxygens (including phenoxy) is 2. The molecule has 120 valence electrons. The quantitative estimate of drug-likeness (QED) is 0.433. The Balaban J connectivity index is 2.16. The summed E-state index contributed by atoms with van der Waals surface area (Å²) in [6.45, 7) is 8.02. The van der Waals surface area contributed by atoms with E-state index >= 15 is 0 Å². The Bertz CT molecular complexity index is 682. The molecule has 22 heavy (non-hydrogen) atoms. The SMILES string of the molecule is COC(=O)c1nc2c(cc1Br)ncn2COCC[Si](C)(C)C. The van der Waals surface area contributed by atoms with Gasteiger partial charge in [-0.05, 0) is 28.0 Å². The maximum absolute atomic E-state index is 11.7. The lowest BCUT2D eigenvalue weighted by atomic mass is 10.3. The number of carbonyl (C=O) groups is 1. The van der Waals surface area contributed by atoms with Gasteiger partial charge in [-0.25, -0.2) is 14.8 Å². The maximum atomic E-state index is 11.7. The zero-order valence-electron chi connectivity index (χ0n) is 13.2. The predicted molar refractivity (Wildman–Crippen MR) is 90.7 cm³/mol. The lowest BCUT2D eigenvalue weighted by Gasteiger charge is -2.15. The van der Waals surface area contributed by atoms with Gasteiger partial charge in [0.25, 0.3) is 0 Å². The number of pyridine rings is 1. The molecular weight excluding hydrogens is 366 g/mol. The van der Waals surface area contributed by atoms with Gasteiger partial charge in [0.05, 0.1) is 17.9 Å². The van der Waals surface area contributed by atoms with Crippen LogP contribution < -0.4 is 0 Å². The highest BCUT2D eigenvalue weighted by atomic mass is 79.9. The van der Waals surface area contributed by atoms with E-state index in [4.69, 9.17) is 9.47 Å². The molecule has 0 aliphatic carbocycles. The van der Waals surface area contributed by atoms with E-state index in [0.29, 0.717) is 22.4 Å². The summed E-state index contributed by atoms with van der Waals surface area (Å²) in [5, 5.41) is 0. The highest BCUT2D eigenvalue weighted by Crippen LogP contribution is 2.21. The van der Waals surface area contributed by atoms with Crippen LogP contribution in [0, 0.1) is 0 Å². The summed E-state index contributed by atoms with van der Waals surface area (Å²) in [4.78, 5) is 20.3. The molecule has 0 saturated heterocycles. The highest BCUT2D eigenvalue weighted by molar-refractivity contribution is 9.10. The molecule has 2 aromatic heterocycles. The van der Waals surface area contributed by atoms with Crippen molar-refractivity contribution in [2.45, 2.75) is 32.4 Å². The third kappa shape index (κ3) is 4.14. The number of aromatic nitrogens is 3. The number of fused-ring (bicyclic) bond motifs is 1. The lowest BCUT2D eigenvalue weighted by Crippen LogP contribution is -2.22. The van der Waals surface area contributed by atoms with Crippen LogP contribution in [-0.2, 0) is 16.2 Å². The number of carbonyl (C=O) groups excluding carboxylic acids is 1. The van der Waals surface area contributed by atoms with E-state index in [9.17, 15) is 4.79 Å². The van der Waals surface area contributed by atoms with E-state index in [0.717, 1.165) is 12.7 Å². The second kappa shape index (κ2) is 6.89. The third-order valence-corrected chi connectivity index (χ3v) is 5.46. The van der Waals surface area contributed by atoms with Gasteiger partial charge in [-0.3, -0.25) is 4.57 Å². The van der Waals surface area contributed by atoms with E-state index in [-0.39, 0.29) is 5.69 Å². The fourth-order valence-corrected chi connectivity index (χ4v) is 3.06. The van der Waals surface area contributed by atoms with E-state index in [1.54, 1.807) is 17.0 Å². The summed E-state index contributed by atoms with van der Waals surface area (Å²) in [6.07, 6.45) is 1.67. The van der Waals surface area contributed by atoms with Gasteiger partial charge in [0, 0.05) is 14.7 Å². The Kier molecular flexibility index (Phi) is 5.35. The van der Waals surface area contributed by atoms with Crippen LogP contribution in [0.1, 0.15) is 10.5 Å². The summed E-state index contributed by atoms with van der Waals surface area (Å²) in [5.41, 5.74) is 1.55. The molecule has 0 amide bonds. The fourth-order valence-electron chi connectivity index (χ4n) is 1.84. The van der Waals surface area contributed by atoms with Gasteiger partial charge in [-0.1, -0.05) is 19.6 Å². The average Bonchev–Trinajstić information content (AvgIpc) is 2.83. The molecule has 8 heteroatoms. The number of hydrogen-bond acceptors (Lipinski definition) is 5. The molecule has 0 aromatic carbocycles. The van der Waals surface area contributed by atoms with Crippen molar-refractivity contribution in [3.05, 3.63) is 22.6 Å². The molecule has 0 radical (unpaired) electrons. The van der Waals surface area contributed by atoms with Gasteiger partial charge < -0.3 is 9.47 Å². The summed E-state index contributed by atoms with van der Waals surface area (Å²) < 4.78 is 12.8. The number of halogens is 1. The molecular formula is C14H20BrN3O3Si. The van der Waals surface area contributed by atoms with Crippen LogP contribution in [0.25, 0.3) is 11.2 Å². The van der Waals surface area contributed by atoms with Crippen LogP contribution in [0.4, 0.5) is 0 Å². The molecule has 2 heterocycles. The minimum atomic E-state index is -1.10. The van der Waals surface area contributed by atoms with Crippen molar-refractivity contribution >= 4 is 41.1 Å². The van der Waals surface area contributed by atoms with Crippen molar-refractivity contribution in [3.63, 3.8) is 0 Å². The van der Waals surface area contributed by atoms with Gasteiger partial charge in [0.15, 0.2) is 11.3 Å². The highest BCUT2D eigenvalue weighted by Gasteiger charge is 2.16. The lowest BCUT2D eigenvalue weighted by molar-refractivity contribution is 0.0592. The van der Waals surface area contributed by atoms with Gasteiger partial charge in [-0.2, -0.15) is 0 Å². The summed E-state index contributed by atoms with van der Waals surface area (Å²) >= 11 is 3.31. The van der Waals surface area contributed by atoms with Crippen LogP contribution in [0.5, 0.6) is 0 Å². The Labute approximate surface area is 139 Å². The van der Waals surface area contributed by atoms with Crippen LogP contribution >= 0.6 is 15.9 Å². The van der Waals surface area contributed by atoms with Crippen molar-refractivity contribution in [2.75, 3.05) is 13.7 Å². The van der Waals surface area contributed by atoms with Crippen LogP contribution in [0.15, 0.2) is 16.9 Å². The molecule has 0 aliphatic rings. The smallest absolute Gasteiger partial charge is 0.357 e. The first-order chi connectivity index (χ1) is 10.3. The molecule has 6 nitrogen and oxygen atoms in total. The molecule has 0 aliphatic heterocycles. The number of methoxy groups -OCH3 is 1. The molecule has 0 fully saturated rings. The summed E-state index contributed by atoms with van der Waals surface area (Å²) in [5.74, 6) is -0.485. The molecule has 2 aromatic rings. The van der Waals surface area contributed by atoms with Crippen molar-refractivity contribution in [3.8, 4) is 0 Å². The normalized spacial score (nSPS) is 11.9. The van der Waals surface area contributed by atoms with E-state index < -0.39 is 14.0 Å². The number of hydrogen-bond donors (Lipinski definition) is 0. The van der Waals surface area contributed by atoms with Crippen molar-refractivity contribution in [1.29, 1.82) is 0 Å². The van der Waals surface area contributed by atoms with Crippen LogP contribution in [0.3, 0.4) is 0 Å². The standard InChI is InChI=1S/C14H20BrN3O3Si/c1-20-14(19)12-10(15)7-11-13(17-12)18(8-16-11)9-21-5-6-22(2,3)4/h7-8H,5-6,9H2,1-4H3. The van der Waals surface area contributed by atoms with Crippen LogP contribution in [0.2, 0.25) is 25.7 Å². The van der Waals surface area contributed by atoms with Crippen molar-refractivity contribution in [2.24, 2.45) is 0 Å². The van der Waals surface area contributed by atoms with Crippen molar-refractivity contribution < 1.29 is 14.3 Å².